The van der Waals surface area contributed by atoms with E-state index in [0.717, 1.165) is 5.92 Å². The van der Waals surface area contributed by atoms with Crippen LogP contribution in [0.2, 0.25) is 0 Å². The Morgan fingerprint density at radius 2 is 2.15 bits per heavy atom. The van der Waals surface area contributed by atoms with Gasteiger partial charge in [0.2, 0.25) is 5.91 Å². The van der Waals surface area contributed by atoms with Gasteiger partial charge in [0.05, 0.1) is 0 Å². The zero-order valence-electron chi connectivity index (χ0n) is 8.79. The van der Waals surface area contributed by atoms with Crippen molar-refractivity contribution in [3.8, 4) is 0 Å². The van der Waals surface area contributed by atoms with Crippen LogP contribution in [0.1, 0.15) is 33.1 Å². The van der Waals surface area contributed by atoms with Gasteiger partial charge in [0.25, 0.3) is 0 Å². The van der Waals surface area contributed by atoms with Crippen molar-refractivity contribution in [3.63, 3.8) is 0 Å². The third kappa shape index (κ3) is 2.58. The van der Waals surface area contributed by atoms with Crippen LogP contribution in [0.15, 0.2) is 12.2 Å². The lowest BCUT2D eigenvalue weighted by molar-refractivity contribution is -0.126. The molecule has 74 valence electrons. The van der Waals surface area contributed by atoms with Gasteiger partial charge in [0, 0.05) is 13.1 Å². The number of hydrogen-bond acceptors (Lipinski definition) is 1. The smallest absolute Gasteiger partial charge is 0.246 e. The van der Waals surface area contributed by atoms with Crippen LogP contribution in [-0.4, -0.2) is 23.9 Å². The molecular weight excluding hydrogens is 162 g/mol. The lowest BCUT2D eigenvalue weighted by Crippen LogP contribution is -2.34. The van der Waals surface area contributed by atoms with Crippen LogP contribution in [0.25, 0.3) is 0 Å². The average molecular weight is 181 g/mol. The Bertz CT molecular complexity index is 210. The highest BCUT2D eigenvalue weighted by molar-refractivity contribution is 5.87. The molecule has 0 bridgehead atoms. The Morgan fingerprint density at radius 3 is 2.62 bits per heavy atom. The molecule has 0 N–H and O–H groups in total. The van der Waals surface area contributed by atoms with E-state index in [1.807, 2.05) is 18.9 Å². The highest BCUT2D eigenvalue weighted by Gasteiger charge is 2.26. The van der Waals surface area contributed by atoms with Gasteiger partial charge >= 0.3 is 0 Å². The first-order valence-corrected chi connectivity index (χ1v) is 5.04. The molecule has 2 nitrogen and oxygen atoms in total. The molecule has 2 heteroatoms. The second-order valence-corrected chi connectivity index (χ2v) is 4.02. The molecule has 2 atom stereocenters. The van der Waals surface area contributed by atoms with Gasteiger partial charge in [-0.3, -0.25) is 4.79 Å². The molecule has 1 aliphatic rings. The molecule has 2 unspecified atom stereocenters. The minimum Gasteiger partial charge on any atom is -0.339 e. The van der Waals surface area contributed by atoms with Crippen molar-refractivity contribution in [2.45, 2.75) is 39.2 Å². The van der Waals surface area contributed by atoms with E-state index in [9.17, 15) is 4.79 Å². The molecular formula is C11H19NO. The molecule has 1 aliphatic carbocycles. The number of hydrogen-bond donors (Lipinski definition) is 0. The Morgan fingerprint density at radius 1 is 1.46 bits per heavy atom. The van der Waals surface area contributed by atoms with Crippen LogP contribution < -0.4 is 0 Å². The lowest BCUT2D eigenvalue weighted by atomic mass is 10.1. The van der Waals surface area contributed by atoms with Crippen LogP contribution in [0.3, 0.4) is 0 Å². The summed E-state index contributed by atoms with van der Waals surface area (Å²) < 4.78 is 0. The summed E-state index contributed by atoms with van der Waals surface area (Å²) in [4.78, 5) is 13.4. The summed E-state index contributed by atoms with van der Waals surface area (Å²) in [5.74, 6) is 0.924. The number of likely N-dealkylation sites (N-methyl/N-ethyl adjacent to an activating group) is 1. The fourth-order valence-electron chi connectivity index (χ4n) is 1.97. The maximum absolute atomic E-state index is 11.5. The van der Waals surface area contributed by atoms with Crippen LogP contribution in [0.4, 0.5) is 0 Å². The van der Waals surface area contributed by atoms with Gasteiger partial charge in [-0.1, -0.05) is 13.0 Å². The molecule has 0 saturated heterocycles. The summed E-state index contributed by atoms with van der Waals surface area (Å²) in [6.07, 6.45) is 7.04. The predicted octanol–water partition coefficient (Wildman–Crippen LogP) is 2.21. The summed E-state index contributed by atoms with van der Waals surface area (Å²) in [5, 5.41) is 0. The molecule has 0 spiro atoms. The fraction of sp³-hybridized carbons (Fsp3) is 0.727. The van der Waals surface area contributed by atoms with Crippen molar-refractivity contribution in [2.75, 3.05) is 7.05 Å². The molecule has 0 aliphatic heterocycles. The maximum atomic E-state index is 11.5. The molecule has 1 saturated carbocycles. The Kier molecular flexibility index (Phi) is 3.52. The van der Waals surface area contributed by atoms with Crippen molar-refractivity contribution in [3.05, 3.63) is 12.2 Å². The number of allylic oxidation sites excluding steroid dienone is 1. The van der Waals surface area contributed by atoms with Crippen molar-refractivity contribution in [1.29, 1.82) is 0 Å². The second kappa shape index (κ2) is 4.45. The van der Waals surface area contributed by atoms with E-state index in [1.165, 1.54) is 19.3 Å². The number of carbonyl (C=O) groups excluding carboxylic acids is 1. The summed E-state index contributed by atoms with van der Waals surface area (Å²) in [6.45, 7) is 4.14. The Labute approximate surface area is 80.6 Å². The van der Waals surface area contributed by atoms with Gasteiger partial charge in [0.1, 0.15) is 0 Å². The molecule has 0 heterocycles. The van der Waals surface area contributed by atoms with E-state index in [-0.39, 0.29) is 5.91 Å². The summed E-state index contributed by atoms with van der Waals surface area (Å²) in [5.41, 5.74) is 0. The highest BCUT2D eigenvalue weighted by atomic mass is 16.2. The molecule has 0 aromatic carbocycles. The highest BCUT2D eigenvalue weighted by Crippen LogP contribution is 2.28. The van der Waals surface area contributed by atoms with Crippen LogP contribution in [0, 0.1) is 5.92 Å². The SMILES string of the molecule is C/C=C/C(=O)N(C)C1CCC(C)C1. The predicted molar refractivity (Wildman–Crippen MR) is 54.4 cm³/mol. The third-order valence-corrected chi connectivity index (χ3v) is 2.87. The number of nitrogens with zero attached hydrogens (tertiary/aromatic N) is 1. The zero-order chi connectivity index (χ0) is 9.84. The molecule has 0 radical (unpaired) electrons. The van der Waals surface area contributed by atoms with Gasteiger partial charge in [-0.15, -0.1) is 0 Å². The number of amides is 1. The standard InChI is InChI=1S/C11H19NO/c1-4-5-11(13)12(3)10-7-6-9(2)8-10/h4-5,9-10H,6-8H2,1-3H3/b5-4+. The van der Waals surface area contributed by atoms with E-state index in [0.29, 0.717) is 6.04 Å². The Balaban J connectivity index is 2.47. The molecule has 0 aromatic rings. The zero-order valence-corrected chi connectivity index (χ0v) is 8.79. The van der Waals surface area contributed by atoms with Gasteiger partial charge in [0.15, 0.2) is 0 Å². The number of carbonyl (C=O) groups is 1. The van der Waals surface area contributed by atoms with Crippen molar-refractivity contribution >= 4 is 5.91 Å². The van der Waals surface area contributed by atoms with E-state index in [2.05, 4.69) is 6.92 Å². The average Bonchev–Trinajstić information content (AvgIpc) is 2.51. The summed E-state index contributed by atoms with van der Waals surface area (Å²) in [6, 6.07) is 0.471. The van der Waals surface area contributed by atoms with E-state index in [1.54, 1.807) is 12.2 Å². The van der Waals surface area contributed by atoms with Crippen LogP contribution in [-0.2, 0) is 4.79 Å². The van der Waals surface area contributed by atoms with Gasteiger partial charge < -0.3 is 4.90 Å². The monoisotopic (exact) mass is 181 g/mol. The first kappa shape index (κ1) is 10.3. The van der Waals surface area contributed by atoms with Crippen molar-refractivity contribution in [1.82, 2.24) is 4.90 Å². The minimum atomic E-state index is 0.140. The van der Waals surface area contributed by atoms with Crippen molar-refractivity contribution in [2.24, 2.45) is 5.92 Å². The molecule has 1 amide bonds. The van der Waals surface area contributed by atoms with E-state index >= 15 is 0 Å². The van der Waals surface area contributed by atoms with Crippen molar-refractivity contribution < 1.29 is 4.79 Å². The summed E-state index contributed by atoms with van der Waals surface area (Å²) >= 11 is 0. The van der Waals surface area contributed by atoms with Crippen LogP contribution >= 0.6 is 0 Å². The second-order valence-electron chi connectivity index (χ2n) is 4.02. The largest absolute Gasteiger partial charge is 0.339 e. The first-order valence-electron chi connectivity index (χ1n) is 5.04. The van der Waals surface area contributed by atoms with Gasteiger partial charge in [-0.25, -0.2) is 0 Å². The third-order valence-electron chi connectivity index (χ3n) is 2.87. The topological polar surface area (TPSA) is 20.3 Å². The van der Waals surface area contributed by atoms with Crippen LogP contribution in [0.5, 0.6) is 0 Å². The van der Waals surface area contributed by atoms with E-state index in [4.69, 9.17) is 0 Å². The Hall–Kier alpha value is -0.790. The molecule has 1 fully saturated rings. The molecule has 0 aromatic heterocycles. The maximum Gasteiger partial charge on any atom is 0.246 e. The number of rotatable bonds is 2. The molecule has 13 heavy (non-hydrogen) atoms. The lowest BCUT2D eigenvalue weighted by Gasteiger charge is -2.23. The summed E-state index contributed by atoms with van der Waals surface area (Å²) in [7, 11) is 1.91. The first-order chi connectivity index (χ1) is 6.15. The van der Waals surface area contributed by atoms with Gasteiger partial charge in [-0.05, 0) is 38.2 Å². The van der Waals surface area contributed by atoms with Gasteiger partial charge in [-0.2, -0.15) is 0 Å². The fourth-order valence-corrected chi connectivity index (χ4v) is 1.97. The minimum absolute atomic E-state index is 0.140. The quantitative estimate of drug-likeness (QED) is 0.598. The molecule has 1 rings (SSSR count). The normalized spacial score (nSPS) is 28.2. The van der Waals surface area contributed by atoms with E-state index < -0.39 is 0 Å².